The van der Waals surface area contributed by atoms with Gasteiger partial charge in [-0.3, -0.25) is 4.79 Å². The first-order valence-electron chi connectivity index (χ1n) is 6.81. The van der Waals surface area contributed by atoms with Crippen LogP contribution >= 0.6 is 0 Å². The van der Waals surface area contributed by atoms with Crippen LogP contribution in [0.25, 0.3) is 0 Å². The number of aliphatic hydroxyl groups is 1. The van der Waals surface area contributed by atoms with Crippen LogP contribution < -0.4 is 0 Å². The van der Waals surface area contributed by atoms with Gasteiger partial charge in [-0.1, -0.05) is 30.3 Å². The first-order valence-corrected chi connectivity index (χ1v) is 6.81. The fourth-order valence-electron chi connectivity index (χ4n) is 2.04. The van der Waals surface area contributed by atoms with Crippen molar-refractivity contribution in [3.8, 4) is 12.1 Å². The molecular weight excluding hydrogens is 266 g/mol. The van der Waals surface area contributed by atoms with Gasteiger partial charge in [0.05, 0.1) is 37.0 Å². The van der Waals surface area contributed by atoms with Gasteiger partial charge < -0.3 is 10.0 Å². The van der Waals surface area contributed by atoms with E-state index in [-0.39, 0.29) is 38.3 Å². The van der Waals surface area contributed by atoms with Gasteiger partial charge in [0.2, 0.25) is 5.91 Å². The van der Waals surface area contributed by atoms with Crippen molar-refractivity contribution in [2.24, 2.45) is 0 Å². The largest absolute Gasteiger partial charge is 0.385 e. The van der Waals surface area contributed by atoms with Gasteiger partial charge in [0, 0.05) is 13.1 Å². The summed E-state index contributed by atoms with van der Waals surface area (Å²) in [4.78, 5) is 13.8. The lowest BCUT2D eigenvalue weighted by Gasteiger charge is -2.27. The molecule has 1 aromatic rings. The summed E-state index contributed by atoms with van der Waals surface area (Å²) in [5.74, 6) is -0.255. The summed E-state index contributed by atoms with van der Waals surface area (Å²) < 4.78 is 0. The van der Waals surface area contributed by atoms with Crippen LogP contribution in [-0.4, -0.2) is 29.0 Å². The summed E-state index contributed by atoms with van der Waals surface area (Å²) in [5, 5.41) is 27.7. The zero-order chi connectivity index (χ0) is 15.7. The molecule has 0 bridgehead atoms. The molecule has 0 fully saturated rings. The first-order chi connectivity index (χ1) is 10.0. The molecule has 0 aliphatic heterocycles. The van der Waals surface area contributed by atoms with Gasteiger partial charge >= 0.3 is 0 Å². The minimum absolute atomic E-state index is 0.0755. The van der Waals surface area contributed by atoms with Gasteiger partial charge in [-0.25, -0.2) is 0 Å². The number of hydrogen-bond acceptors (Lipinski definition) is 4. The molecule has 1 unspecified atom stereocenters. The van der Waals surface area contributed by atoms with E-state index in [1.165, 1.54) is 4.90 Å². The van der Waals surface area contributed by atoms with Gasteiger partial charge in [-0.05, 0) is 12.5 Å². The maximum Gasteiger partial charge on any atom is 0.225 e. The predicted molar refractivity (Wildman–Crippen MR) is 77.7 cm³/mol. The Labute approximate surface area is 125 Å². The topological polar surface area (TPSA) is 88.1 Å². The Morgan fingerprint density at radius 2 is 1.71 bits per heavy atom. The van der Waals surface area contributed by atoms with Crippen molar-refractivity contribution in [2.45, 2.75) is 31.8 Å². The maximum atomic E-state index is 12.3. The van der Waals surface area contributed by atoms with E-state index in [0.29, 0.717) is 5.56 Å². The van der Waals surface area contributed by atoms with Crippen molar-refractivity contribution < 1.29 is 9.90 Å². The highest BCUT2D eigenvalue weighted by molar-refractivity contribution is 5.77. The third-order valence-electron chi connectivity index (χ3n) is 3.23. The van der Waals surface area contributed by atoms with Crippen LogP contribution in [0.15, 0.2) is 30.3 Å². The summed E-state index contributed by atoms with van der Waals surface area (Å²) in [6.07, 6.45) is 0.350. The number of amides is 1. The van der Waals surface area contributed by atoms with Crippen molar-refractivity contribution in [1.82, 2.24) is 4.90 Å². The molecule has 21 heavy (non-hydrogen) atoms. The minimum Gasteiger partial charge on any atom is -0.385 e. The normalized spacial score (nSPS) is 12.8. The third-order valence-corrected chi connectivity index (χ3v) is 3.23. The Hall–Kier alpha value is -2.37. The molecule has 0 radical (unpaired) electrons. The van der Waals surface area contributed by atoms with Crippen LogP contribution in [0.5, 0.6) is 0 Å². The second-order valence-corrected chi connectivity index (χ2v) is 5.01. The van der Waals surface area contributed by atoms with Gasteiger partial charge in [-0.15, -0.1) is 0 Å². The van der Waals surface area contributed by atoms with Crippen LogP contribution in [0, 0.1) is 22.7 Å². The zero-order valence-corrected chi connectivity index (χ0v) is 12.1. The average molecular weight is 285 g/mol. The van der Waals surface area contributed by atoms with Crippen molar-refractivity contribution in [3.63, 3.8) is 0 Å². The summed E-state index contributed by atoms with van der Waals surface area (Å²) in [7, 11) is 0. The van der Waals surface area contributed by atoms with Crippen LogP contribution in [0.1, 0.15) is 31.7 Å². The summed E-state index contributed by atoms with van der Waals surface area (Å²) in [6, 6.07) is 12.9. The number of carbonyl (C=O) groups excluding carboxylic acids is 1. The molecule has 5 heteroatoms. The summed E-state index contributed by atoms with van der Waals surface area (Å²) in [6.45, 7) is 2.15. The van der Waals surface area contributed by atoms with Gasteiger partial charge in [0.1, 0.15) is 0 Å². The van der Waals surface area contributed by atoms with Gasteiger partial charge in [0.25, 0.3) is 0 Å². The molecule has 1 aromatic carbocycles. The lowest BCUT2D eigenvalue weighted by molar-refractivity contribution is -0.136. The quantitative estimate of drug-likeness (QED) is 0.829. The minimum atomic E-state index is -1.27. The highest BCUT2D eigenvalue weighted by atomic mass is 16.3. The van der Waals surface area contributed by atoms with E-state index in [1.54, 1.807) is 31.2 Å². The van der Waals surface area contributed by atoms with Crippen LogP contribution in [0.2, 0.25) is 0 Å². The Kier molecular flexibility index (Phi) is 6.39. The molecule has 1 N–H and O–H groups in total. The highest BCUT2D eigenvalue weighted by Crippen LogP contribution is 2.25. The van der Waals surface area contributed by atoms with Crippen LogP contribution in [0.4, 0.5) is 0 Å². The fraction of sp³-hybridized carbons (Fsp3) is 0.438. The predicted octanol–water partition coefficient (Wildman–Crippen LogP) is 1.94. The molecule has 0 aromatic heterocycles. The average Bonchev–Trinajstić information content (AvgIpc) is 2.47. The molecule has 0 saturated carbocycles. The standard InChI is InChI=1S/C16H19N3O2/c1-16(21,14-7-3-2-4-8-14)13-15(20)19(11-5-9-17)12-6-10-18/h2-4,7-8,21H,5-6,11-13H2,1H3. The number of benzene rings is 1. The maximum absolute atomic E-state index is 12.3. The van der Waals surface area contributed by atoms with E-state index in [4.69, 9.17) is 10.5 Å². The van der Waals surface area contributed by atoms with E-state index in [2.05, 4.69) is 0 Å². The summed E-state index contributed by atoms with van der Waals surface area (Å²) in [5.41, 5.74) is -0.602. The first kappa shape index (κ1) is 16.7. The summed E-state index contributed by atoms with van der Waals surface area (Å²) >= 11 is 0. The van der Waals surface area contributed by atoms with E-state index < -0.39 is 5.60 Å². The third kappa shape index (κ3) is 5.25. The second-order valence-electron chi connectivity index (χ2n) is 5.01. The van der Waals surface area contributed by atoms with Crippen molar-refractivity contribution in [3.05, 3.63) is 35.9 Å². The Morgan fingerprint density at radius 3 is 2.19 bits per heavy atom. The molecule has 1 atom stereocenters. The SMILES string of the molecule is CC(O)(CC(=O)N(CCC#N)CCC#N)c1ccccc1. The number of rotatable bonds is 7. The zero-order valence-electron chi connectivity index (χ0n) is 12.1. The van der Waals surface area contributed by atoms with Crippen LogP contribution in [0.3, 0.4) is 0 Å². The highest BCUT2D eigenvalue weighted by Gasteiger charge is 2.28. The number of carbonyl (C=O) groups is 1. The Bertz CT molecular complexity index is 523. The molecular formula is C16H19N3O2. The van der Waals surface area contributed by atoms with E-state index in [9.17, 15) is 9.90 Å². The number of nitriles is 2. The van der Waals surface area contributed by atoms with E-state index >= 15 is 0 Å². The lowest BCUT2D eigenvalue weighted by Crippen LogP contribution is -2.37. The fourth-order valence-corrected chi connectivity index (χ4v) is 2.04. The van der Waals surface area contributed by atoms with E-state index in [1.807, 2.05) is 18.2 Å². The van der Waals surface area contributed by atoms with Crippen molar-refractivity contribution in [1.29, 1.82) is 10.5 Å². The monoisotopic (exact) mass is 285 g/mol. The van der Waals surface area contributed by atoms with Gasteiger partial charge in [-0.2, -0.15) is 10.5 Å². The van der Waals surface area contributed by atoms with Crippen LogP contribution in [-0.2, 0) is 10.4 Å². The molecule has 0 aliphatic carbocycles. The molecule has 0 saturated heterocycles. The molecule has 5 nitrogen and oxygen atoms in total. The Balaban J connectivity index is 2.75. The molecule has 0 heterocycles. The molecule has 0 aliphatic rings. The van der Waals surface area contributed by atoms with Gasteiger partial charge in [0.15, 0.2) is 0 Å². The molecule has 1 amide bonds. The van der Waals surface area contributed by atoms with E-state index in [0.717, 1.165) is 0 Å². The number of nitrogens with zero attached hydrogens (tertiary/aromatic N) is 3. The number of hydrogen-bond donors (Lipinski definition) is 1. The second kappa shape index (κ2) is 8.04. The van der Waals surface area contributed by atoms with Crippen molar-refractivity contribution in [2.75, 3.05) is 13.1 Å². The van der Waals surface area contributed by atoms with Crippen molar-refractivity contribution >= 4 is 5.91 Å². The Morgan fingerprint density at radius 1 is 1.19 bits per heavy atom. The lowest BCUT2D eigenvalue weighted by atomic mass is 9.92. The molecule has 1 rings (SSSR count). The smallest absolute Gasteiger partial charge is 0.225 e. The molecule has 0 spiro atoms. The molecule has 110 valence electrons.